The van der Waals surface area contributed by atoms with E-state index < -0.39 is 0 Å². The summed E-state index contributed by atoms with van der Waals surface area (Å²) in [6.07, 6.45) is 4.67. The van der Waals surface area contributed by atoms with Crippen LogP contribution in [0.1, 0.15) is 37.3 Å². The topological polar surface area (TPSA) is 44.3 Å². The maximum Gasteiger partial charge on any atom is 0.326 e. The first-order chi connectivity index (χ1) is 13.8. The number of hydrogen-bond acceptors (Lipinski definition) is 3. The minimum absolute atomic E-state index is 0.0194. The fourth-order valence-corrected chi connectivity index (χ4v) is 4.83. The van der Waals surface area contributed by atoms with Crippen LogP contribution in [-0.4, -0.2) is 40.6 Å². The Bertz CT molecular complexity index is 989. The van der Waals surface area contributed by atoms with Crippen molar-refractivity contribution in [1.82, 2.24) is 14.5 Å². The van der Waals surface area contributed by atoms with Crippen LogP contribution in [0.15, 0.2) is 53.3 Å². The third-order valence-corrected chi connectivity index (χ3v) is 6.36. The van der Waals surface area contributed by atoms with Gasteiger partial charge in [-0.05, 0) is 68.6 Å². The summed E-state index contributed by atoms with van der Waals surface area (Å²) in [7, 11) is 0. The van der Waals surface area contributed by atoms with Crippen LogP contribution < -0.4 is 10.6 Å². The van der Waals surface area contributed by atoms with Crippen molar-refractivity contribution in [3.63, 3.8) is 0 Å². The number of fused-ring (bicyclic) bond motifs is 1. The largest absolute Gasteiger partial charge is 0.371 e. The lowest BCUT2D eigenvalue weighted by Crippen LogP contribution is -2.37. The number of aromatic amines is 1. The predicted octanol–water partition coefficient (Wildman–Crippen LogP) is 3.77. The second-order valence-electron chi connectivity index (χ2n) is 8.19. The molecular formula is C23H28N4O. The summed E-state index contributed by atoms with van der Waals surface area (Å²) >= 11 is 0. The Balaban J connectivity index is 1.25. The number of benzene rings is 2. The molecule has 146 valence electrons. The van der Waals surface area contributed by atoms with Crippen molar-refractivity contribution in [2.75, 3.05) is 31.1 Å². The molecule has 0 spiro atoms. The number of nitrogens with zero attached hydrogens (tertiary/aromatic N) is 3. The molecule has 2 aliphatic heterocycles. The molecule has 2 aliphatic rings. The Morgan fingerprint density at radius 3 is 2.36 bits per heavy atom. The third-order valence-electron chi connectivity index (χ3n) is 6.36. The molecule has 0 amide bonds. The van der Waals surface area contributed by atoms with Crippen molar-refractivity contribution < 1.29 is 0 Å². The maximum absolute atomic E-state index is 12.5. The van der Waals surface area contributed by atoms with Crippen molar-refractivity contribution in [2.24, 2.45) is 0 Å². The fraction of sp³-hybridized carbons (Fsp3) is 0.435. The number of likely N-dealkylation sites (tertiary alicyclic amines) is 1. The highest BCUT2D eigenvalue weighted by Gasteiger charge is 2.23. The second-order valence-corrected chi connectivity index (χ2v) is 8.19. The first kappa shape index (κ1) is 17.6. The van der Waals surface area contributed by atoms with Gasteiger partial charge in [-0.2, -0.15) is 0 Å². The molecule has 28 heavy (non-hydrogen) atoms. The van der Waals surface area contributed by atoms with E-state index in [4.69, 9.17) is 0 Å². The SMILES string of the molecule is O=c1[nH]c2ccccc2n1C1CCN(c2ccc(CN3CCCC3)cc2)CC1. The number of aromatic nitrogens is 2. The lowest BCUT2D eigenvalue weighted by molar-refractivity contribution is 0.331. The maximum atomic E-state index is 12.5. The molecule has 0 bridgehead atoms. The summed E-state index contributed by atoms with van der Waals surface area (Å²) in [6, 6.07) is 17.4. The van der Waals surface area contributed by atoms with Crippen LogP contribution in [0.4, 0.5) is 5.69 Å². The van der Waals surface area contributed by atoms with Gasteiger partial charge < -0.3 is 9.88 Å². The molecule has 0 saturated carbocycles. The first-order valence-electron chi connectivity index (χ1n) is 10.5. The van der Waals surface area contributed by atoms with Crippen LogP contribution in [0.3, 0.4) is 0 Å². The minimum atomic E-state index is 0.0194. The molecule has 5 nitrogen and oxygen atoms in total. The normalized spacial score (nSPS) is 18.9. The molecule has 3 aromatic rings. The van der Waals surface area contributed by atoms with E-state index in [1.54, 1.807) is 0 Å². The smallest absolute Gasteiger partial charge is 0.326 e. The Labute approximate surface area is 165 Å². The van der Waals surface area contributed by atoms with E-state index in [-0.39, 0.29) is 11.7 Å². The minimum Gasteiger partial charge on any atom is -0.371 e. The highest BCUT2D eigenvalue weighted by atomic mass is 16.1. The average molecular weight is 377 g/mol. The predicted molar refractivity (Wildman–Crippen MR) is 114 cm³/mol. The molecule has 0 unspecified atom stereocenters. The zero-order chi connectivity index (χ0) is 18.9. The van der Waals surface area contributed by atoms with Crippen molar-refractivity contribution in [3.05, 3.63) is 64.6 Å². The second kappa shape index (κ2) is 7.47. The van der Waals surface area contributed by atoms with E-state index in [1.165, 1.54) is 37.2 Å². The van der Waals surface area contributed by atoms with Crippen LogP contribution in [0.2, 0.25) is 0 Å². The van der Waals surface area contributed by atoms with Crippen molar-refractivity contribution >= 4 is 16.7 Å². The fourth-order valence-electron chi connectivity index (χ4n) is 4.83. The highest BCUT2D eigenvalue weighted by molar-refractivity contribution is 5.75. The third kappa shape index (κ3) is 3.35. The van der Waals surface area contributed by atoms with Crippen LogP contribution in [-0.2, 0) is 6.54 Å². The van der Waals surface area contributed by atoms with Gasteiger partial charge in [-0.1, -0.05) is 24.3 Å². The molecule has 0 radical (unpaired) electrons. The number of piperidine rings is 1. The molecule has 0 atom stereocenters. The van der Waals surface area contributed by atoms with Crippen LogP contribution in [0.5, 0.6) is 0 Å². The van der Waals surface area contributed by atoms with Gasteiger partial charge in [0.05, 0.1) is 11.0 Å². The van der Waals surface area contributed by atoms with Crippen LogP contribution >= 0.6 is 0 Å². The van der Waals surface area contributed by atoms with Crippen molar-refractivity contribution in [3.8, 4) is 0 Å². The number of para-hydroxylation sites is 2. The summed E-state index contributed by atoms with van der Waals surface area (Å²) in [5.41, 5.74) is 4.69. The van der Waals surface area contributed by atoms with E-state index in [9.17, 15) is 4.79 Å². The van der Waals surface area contributed by atoms with Gasteiger partial charge in [0.25, 0.3) is 0 Å². The van der Waals surface area contributed by atoms with Gasteiger partial charge >= 0.3 is 5.69 Å². The van der Waals surface area contributed by atoms with Gasteiger partial charge in [-0.3, -0.25) is 9.47 Å². The molecule has 2 aromatic carbocycles. The number of hydrogen-bond donors (Lipinski definition) is 1. The van der Waals surface area contributed by atoms with Gasteiger partial charge in [0.1, 0.15) is 0 Å². The summed E-state index contributed by atoms with van der Waals surface area (Å²) in [5, 5.41) is 0. The molecule has 1 N–H and O–H groups in total. The number of anilines is 1. The Morgan fingerprint density at radius 2 is 1.61 bits per heavy atom. The van der Waals surface area contributed by atoms with Gasteiger partial charge in [0.15, 0.2) is 0 Å². The quantitative estimate of drug-likeness (QED) is 0.754. The van der Waals surface area contributed by atoms with Crippen LogP contribution in [0, 0.1) is 0 Å². The summed E-state index contributed by atoms with van der Waals surface area (Å²) in [4.78, 5) is 20.4. The number of nitrogens with one attached hydrogen (secondary N) is 1. The molecule has 2 fully saturated rings. The first-order valence-corrected chi connectivity index (χ1v) is 10.5. The Hall–Kier alpha value is -2.53. The van der Waals surface area contributed by atoms with Crippen LogP contribution in [0.25, 0.3) is 11.0 Å². The van der Waals surface area contributed by atoms with Crippen molar-refractivity contribution in [2.45, 2.75) is 38.3 Å². The molecule has 5 rings (SSSR count). The van der Waals surface area contributed by atoms with Gasteiger partial charge in [-0.25, -0.2) is 4.79 Å². The summed E-state index contributed by atoms with van der Waals surface area (Å²) < 4.78 is 1.96. The lowest BCUT2D eigenvalue weighted by Gasteiger charge is -2.34. The molecule has 5 heteroatoms. The van der Waals surface area contributed by atoms with E-state index in [0.29, 0.717) is 0 Å². The number of H-pyrrole nitrogens is 1. The molecule has 1 aromatic heterocycles. The van der Waals surface area contributed by atoms with E-state index in [2.05, 4.69) is 39.0 Å². The lowest BCUT2D eigenvalue weighted by atomic mass is 10.0. The molecule has 2 saturated heterocycles. The standard InChI is InChI=1S/C23H28N4O/c28-23-24-21-5-1-2-6-22(21)27(23)20-11-15-26(16-12-20)19-9-7-18(8-10-19)17-25-13-3-4-14-25/h1-2,5-10,20H,3-4,11-17H2,(H,24,28). The highest BCUT2D eigenvalue weighted by Crippen LogP contribution is 2.28. The number of rotatable bonds is 4. The summed E-state index contributed by atoms with van der Waals surface area (Å²) in [6.45, 7) is 5.53. The Kier molecular flexibility index (Phi) is 4.69. The van der Waals surface area contributed by atoms with Gasteiger partial charge in [0.2, 0.25) is 0 Å². The summed E-state index contributed by atoms with van der Waals surface area (Å²) in [5.74, 6) is 0. The van der Waals surface area contributed by atoms with E-state index >= 15 is 0 Å². The zero-order valence-corrected chi connectivity index (χ0v) is 16.3. The van der Waals surface area contributed by atoms with Gasteiger partial charge in [0, 0.05) is 31.4 Å². The zero-order valence-electron chi connectivity index (χ0n) is 16.3. The van der Waals surface area contributed by atoms with Crippen molar-refractivity contribution in [1.29, 1.82) is 0 Å². The van der Waals surface area contributed by atoms with E-state index in [1.807, 2.05) is 28.8 Å². The van der Waals surface area contributed by atoms with E-state index in [0.717, 1.165) is 43.5 Å². The molecule has 3 heterocycles. The Morgan fingerprint density at radius 1 is 0.893 bits per heavy atom. The molecule has 0 aliphatic carbocycles. The van der Waals surface area contributed by atoms with Gasteiger partial charge in [-0.15, -0.1) is 0 Å². The molecular weight excluding hydrogens is 348 g/mol. The number of imidazole rings is 1. The average Bonchev–Trinajstić information content (AvgIpc) is 3.35. The monoisotopic (exact) mass is 376 g/mol.